The van der Waals surface area contributed by atoms with Crippen molar-refractivity contribution < 1.29 is 4.79 Å². The molecule has 1 amide bonds. The van der Waals surface area contributed by atoms with Crippen LogP contribution in [0.2, 0.25) is 0 Å². The van der Waals surface area contributed by atoms with Crippen LogP contribution in [0.3, 0.4) is 0 Å². The molecule has 17 heavy (non-hydrogen) atoms. The molecule has 0 aromatic heterocycles. The van der Waals surface area contributed by atoms with Crippen LogP contribution < -0.4 is 5.32 Å². The van der Waals surface area contributed by atoms with E-state index >= 15 is 0 Å². The Morgan fingerprint density at radius 3 is 2.94 bits per heavy atom. The molecule has 0 spiro atoms. The monoisotopic (exact) mass is 361 g/mol. The third kappa shape index (κ3) is 3.61. The highest BCUT2D eigenvalue weighted by Gasteiger charge is 2.25. The summed E-state index contributed by atoms with van der Waals surface area (Å²) in [5.41, 5.74) is 0.768. The molecule has 4 heteroatoms. The molecule has 1 aliphatic carbocycles. The van der Waals surface area contributed by atoms with Gasteiger partial charge in [-0.2, -0.15) is 11.8 Å². The molecule has 2 nitrogen and oxygen atoms in total. The fourth-order valence-corrected chi connectivity index (χ4v) is 3.52. The second-order valence-corrected chi connectivity index (χ2v) is 6.74. The molecule has 0 bridgehead atoms. The summed E-state index contributed by atoms with van der Waals surface area (Å²) in [4.78, 5) is 12.0. The summed E-state index contributed by atoms with van der Waals surface area (Å²) in [5.74, 6) is 0.0651. The number of halogens is 1. The Kier molecular flexibility index (Phi) is 4.73. The number of thioether (sulfide) groups is 1. The minimum absolute atomic E-state index is 0.0651. The predicted molar refractivity (Wildman–Crippen MR) is 81.6 cm³/mol. The Bertz CT molecular complexity index is 410. The van der Waals surface area contributed by atoms with Crippen molar-refractivity contribution in [1.29, 1.82) is 0 Å². The lowest BCUT2D eigenvalue weighted by Gasteiger charge is -2.12. The Hall–Kier alpha value is -0.230. The molecule has 1 fully saturated rings. The fourth-order valence-electron chi connectivity index (χ4n) is 2.18. The highest BCUT2D eigenvalue weighted by molar-refractivity contribution is 14.1. The van der Waals surface area contributed by atoms with Crippen LogP contribution in [-0.2, 0) is 0 Å². The van der Waals surface area contributed by atoms with E-state index in [0.29, 0.717) is 6.04 Å². The first kappa shape index (κ1) is 13.2. The third-order valence-electron chi connectivity index (χ3n) is 3.14. The van der Waals surface area contributed by atoms with E-state index in [4.69, 9.17) is 0 Å². The molecule has 1 N–H and O–H groups in total. The van der Waals surface area contributed by atoms with Gasteiger partial charge in [0.2, 0.25) is 0 Å². The van der Waals surface area contributed by atoms with Crippen molar-refractivity contribution >= 4 is 40.3 Å². The van der Waals surface area contributed by atoms with Gasteiger partial charge in [-0.25, -0.2) is 0 Å². The highest BCUT2D eigenvalue weighted by atomic mass is 127. The lowest BCUT2D eigenvalue weighted by atomic mass is 10.2. The average Bonchev–Trinajstić information content (AvgIpc) is 2.77. The smallest absolute Gasteiger partial charge is 0.251 e. The zero-order chi connectivity index (χ0) is 12.3. The van der Waals surface area contributed by atoms with Gasteiger partial charge in [0.25, 0.3) is 5.91 Å². The zero-order valence-corrected chi connectivity index (χ0v) is 12.8. The lowest BCUT2D eigenvalue weighted by Crippen LogP contribution is -2.33. The third-order valence-corrected chi connectivity index (χ3v) is 4.91. The normalized spacial score (nSPS) is 23.6. The quantitative estimate of drug-likeness (QED) is 0.837. The number of rotatable bonds is 3. The van der Waals surface area contributed by atoms with Crippen molar-refractivity contribution in [3.05, 3.63) is 33.4 Å². The second-order valence-electron chi connectivity index (χ2n) is 4.35. The molecule has 1 aliphatic rings. The molecule has 1 aromatic rings. The summed E-state index contributed by atoms with van der Waals surface area (Å²) in [6, 6.07) is 8.08. The van der Waals surface area contributed by atoms with E-state index in [0.717, 1.165) is 27.2 Å². The van der Waals surface area contributed by atoms with Crippen LogP contribution in [0.5, 0.6) is 0 Å². The Labute approximate surface area is 120 Å². The first-order valence-electron chi connectivity index (χ1n) is 5.78. The van der Waals surface area contributed by atoms with Crippen molar-refractivity contribution in [2.24, 2.45) is 0 Å². The lowest BCUT2D eigenvalue weighted by molar-refractivity contribution is 0.0938. The molecule has 1 aromatic carbocycles. The standard InChI is InChI=1S/C13H16INOS/c1-17-12-6-5-11(8-12)15-13(16)9-3-2-4-10(14)7-9/h2-4,7,11-12H,5-6,8H2,1H3,(H,15,16). The minimum atomic E-state index is 0.0651. The van der Waals surface area contributed by atoms with Crippen molar-refractivity contribution in [1.82, 2.24) is 5.32 Å². The Morgan fingerprint density at radius 1 is 1.47 bits per heavy atom. The molecule has 92 valence electrons. The maximum Gasteiger partial charge on any atom is 0.251 e. The van der Waals surface area contributed by atoms with Crippen molar-refractivity contribution in [3.8, 4) is 0 Å². The van der Waals surface area contributed by atoms with Crippen LogP contribution in [0, 0.1) is 3.57 Å². The molecule has 2 atom stereocenters. The summed E-state index contributed by atoms with van der Waals surface area (Å²) in [6.45, 7) is 0. The van der Waals surface area contributed by atoms with Gasteiger partial charge >= 0.3 is 0 Å². The van der Waals surface area contributed by atoms with E-state index in [2.05, 4.69) is 34.2 Å². The van der Waals surface area contributed by atoms with Gasteiger partial charge in [0.05, 0.1) is 0 Å². The zero-order valence-electron chi connectivity index (χ0n) is 9.78. The fraction of sp³-hybridized carbons (Fsp3) is 0.462. The summed E-state index contributed by atoms with van der Waals surface area (Å²) in [6.07, 6.45) is 5.59. The van der Waals surface area contributed by atoms with Gasteiger partial charge < -0.3 is 5.32 Å². The number of benzene rings is 1. The minimum Gasteiger partial charge on any atom is -0.349 e. The van der Waals surface area contributed by atoms with E-state index in [1.54, 1.807) is 0 Å². The van der Waals surface area contributed by atoms with E-state index in [1.165, 1.54) is 6.42 Å². The van der Waals surface area contributed by atoms with Crippen LogP contribution in [0.1, 0.15) is 29.6 Å². The van der Waals surface area contributed by atoms with Gasteiger partial charge in [0.1, 0.15) is 0 Å². The molecule has 0 saturated heterocycles. The van der Waals surface area contributed by atoms with Gasteiger partial charge in [-0.1, -0.05) is 6.07 Å². The molecule has 2 rings (SSSR count). The molecule has 1 saturated carbocycles. The SMILES string of the molecule is CSC1CCC(NC(=O)c2cccc(I)c2)C1. The highest BCUT2D eigenvalue weighted by Crippen LogP contribution is 2.28. The summed E-state index contributed by atoms with van der Waals surface area (Å²) in [5, 5.41) is 3.85. The van der Waals surface area contributed by atoms with Crippen LogP contribution >= 0.6 is 34.4 Å². The van der Waals surface area contributed by atoms with Gasteiger partial charge in [-0.15, -0.1) is 0 Å². The molecule has 0 aliphatic heterocycles. The number of carbonyl (C=O) groups is 1. The summed E-state index contributed by atoms with van der Waals surface area (Å²) >= 11 is 4.14. The average molecular weight is 361 g/mol. The van der Waals surface area contributed by atoms with E-state index in [9.17, 15) is 4.79 Å². The first-order valence-corrected chi connectivity index (χ1v) is 8.15. The molecule has 0 radical (unpaired) electrons. The molecular weight excluding hydrogens is 345 g/mol. The number of hydrogen-bond acceptors (Lipinski definition) is 2. The van der Waals surface area contributed by atoms with E-state index < -0.39 is 0 Å². The summed E-state index contributed by atoms with van der Waals surface area (Å²) < 4.78 is 1.10. The molecule has 0 heterocycles. The Balaban J connectivity index is 1.94. The van der Waals surface area contributed by atoms with Gasteiger partial charge in [0, 0.05) is 20.4 Å². The second kappa shape index (κ2) is 6.09. The van der Waals surface area contributed by atoms with Gasteiger partial charge in [-0.3, -0.25) is 4.79 Å². The maximum atomic E-state index is 12.0. The summed E-state index contributed by atoms with van der Waals surface area (Å²) in [7, 11) is 0. The maximum absolute atomic E-state index is 12.0. The molecular formula is C13H16INOS. The van der Waals surface area contributed by atoms with Crippen molar-refractivity contribution in [3.63, 3.8) is 0 Å². The van der Waals surface area contributed by atoms with Crippen LogP contribution in [0.15, 0.2) is 24.3 Å². The van der Waals surface area contributed by atoms with Crippen LogP contribution in [-0.4, -0.2) is 23.5 Å². The number of carbonyl (C=O) groups excluding carboxylic acids is 1. The first-order chi connectivity index (χ1) is 8.19. The van der Waals surface area contributed by atoms with E-state index in [1.807, 2.05) is 36.0 Å². The topological polar surface area (TPSA) is 29.1 Å². The number of hydrogen-bond donors (Lipinski definition) is 1. The number of nitrogens with one attached hydrogen (secondary N) is 1. The number of amides is 1. The van der Waals surface area contributed by atoms with Crippen molar-refractivity contribution in [2.75, 3.05) is 6.26 Å². The van der Waals surface area contributed by atoms with Gasteiger partial charge in [-0.05, 0) is 66.3 Å². The van der Waals surface area contributed by atoms with Crippen LogP contribution in [0.4, 0.5) is 0 Å². The molecule has 2 unspecified atom stereocenters. The Morgan fingerprint density at radius 2 is 2.29 bits per heavy atom. The predicted octanol–water partition coefficient (Wildman–Crippen LogP) is 3.31. The van der Waals surface area contributed by atoms with Crippen LogP contribution in [0.25, 0.3) is 0 Å². The van der Waals surface area contributed by atoms with Gasteiger partial charge in [0.15, 0.2) is 0 Å². The largest absolute Gasteiger partial charge is 0.349 e. The van der Waals surface area contributed by atoms with Crippen molar-refractivity contribution in [2.45, 2.75) is 30.6 Å². The van der Waals surface area contributed by atoms with E-state index in [-0.39, 0.29) is 5.91 Å².